The number of nitrogens with zero attached hydrogens (tertiary/aromatic N) is 2. The molecule has 3 aromatic rings. The van der Waals surface area contributed by atoms with Crippen molar-refractivity contribution in [1.29, 1.82) is 0 Å². The molecule has 0 bridgehead atoms. The molecule has 3 aliphatic rings. The van der Waals surface area contributed by atoms with Crippen LogP contribution >= 0.6 is 23.2 Å². The van der Waals surface area contributed by atoms with Crippen LogP contribution in [0.1, 0.15) is 12.0 Å². The third kappa shape index (κ3) is 3.43. The number of carboxylic acids is 1. The summed E-state index contributed by atoms with van der Waals surface area (Å²) in [6.07, 6.45) is 0.836. The first-order valence-electron chi connectivity index (χ1n) is 11.4. The summed E-state index contributed by atoms with van der Waals surface area (Å²) in [4.78, 5) is 45.4. The van der Waals surface area contributed by atoms with Gasteiger partial charge in [0, 0.05) is 40.3 Å². The fourth-order valence-electron chi connectivity index (χ4n) is 6.18. The molecule has 1 aromatic heterocycles. The van der Waals surface area contributed by atoms with Crippen LogP contribution in [-0.4, -0.2) is 51.3 Å². The van der Waals surface area contributed by atoms with Crippen LogP contribution in [-0.2, 0) is 19.9 Å². The van der Waals surface area contributed by atoms with Gasteiger partial charge in [-0.25, -0.2) is 8.78 Å². The average molecular weight is 547 g/mol. The highest BCUT2D eigenvalue weighted by Gasteiger charge is 2.74. The minimum absolute atomic E-state index is 0.0389. The second-order valence-corrected chi connectivity index (χ2v) is 10.4. The Bertz CT molecular complexity index is 1520. The fourth-order valence-corrected chi connectivity index (χ4v) is 6.72. The summed E-state index contributed by atoms with van der Waals surface area (Å²) in [5.74, 6) is -9.51. The van der Waals surface area contributed by atoms with E-state index in [1.807, 2.05) is 0 Å². The Morgan fingerprint density at radius 1 is 1.19 bits per heavy atom. The zero-order valence-corrected chi connectivity index (χ0v) is 20.4. The van der Waals surface area contributed by atoms with Crippen LogP contribution in [0.3, 0.4) is 0 Å². The van der Waals surface area contributed by atoms with Gasteiger partial charge in [-0.3, -0.25) is 24.3 Å². The summed E-state index contributed by atoms with van der Waals surface area (Å²) >= 11 is 12.5. The van der Waals surface area contributed by atoms with Gasteiger partial charge in [-0.05, 0) is 36.4 Å². The summed E-state index contributed by atoms with van der Waals surface area (Å²) in [6, 6.07) is 9.91. The highest BCUT2D eigenvalue weighted by Crippen LogP contribution is 2.61. The predicted molar refractivity (Wildman–Crippen MR) is 132 cm³/mol. The Morgan fingerprint density at radius 2 is 1.97 bits per heavy atom. The van der Waals surface area contributed by atoms with Gasteiger partial charge in [0.1, 0.15) is 11.5 Å². The second kappa shape index (κ2) is 8.08. The minimum atomic E-state index is -3.25. The van der Waals surface area contributed by atoms with Crippen LogP contribution < -0.4 is 10.6 Å². The largest absolute Gasteiger partial charge is 0.481 e. The number of carbonyl (C=O) groups is 3. The molecule has 12 heteroatoms. The van der Waals surface area contributed by atoms with E-state index in [1.165, 1.54) is 12.1 Å². The Kier molecular flexibility index (Phi) is 5.24. The molecule has 0 saturated carbocycles. The number of alkyl halides is 2. The van der Waals surface area contributed by atoms with E-state index >= 15 is 0 Å². The smallest absolute Gasteiger partial charge is 0.310 e. The molecule has 4 atom stereocenters. The van der Waals surface area contributed by atoms with Crippen molar-refractivity contribution in [2.75, 3.05) is 17.2 Å². The number of halogens is 4. The molecule has 2 fully saturated rings. The molecule has 6 rings (SSSR count). The van der Waals surface area contributed by atoms with Gasteiger partial charge in [0.05, 0.1) is 28.7 Å². The number of anilines is 2. The topological polar surface area (TPSA) is 112 Å². The molecule has 3 N–H and O–H groups in total. The van der Waals surface area contributed by atoms with Crippen molar-refractivity contribution in [3.05, 3.63) is 64.3 Å². The molecule has 0 aliphatic carbocycles. The number of carboxylic acid groups (broad SMARTS) is 1. The molecule has 37 heavy (non-hydrogen) atoms. The van der Waals surface area contributed by atoms with E-state index in [4.69, 9.17) is 23.2 Å². The SMILES string of the molecule is O=C(Nc1ccc2ncccc2c1)[C@H]1[C@H]2CC(F)(F)CN2[C@]2(C(=O)Nc3c(Cl)cc(Cl)cc32)[C@H]1C(=O)O. The Hall–Kier alpha value is -3.34. The van der Waals surface area contributed by atoms with Gasteiger partial charge in [0.25, 0.3) is 11.8 Å². The predicted octanol–water partition coefficient (Wildman–Crippen LogP) is 4.37. The van der Waals surface area contributed by atoms with E-state index < -0.39 is 60.1 Å². The molecule has 3 aliphatic heterocycles. The molecule has 2 saturated heterocycles. The summed E-state index contributed by atoms with van der Waals surface area (Å²) in [5, 5.41) is 16.5. The van der Waals surface area contributed by atoms with Crippen LogP contribution in [0.4, 0.5) is 20.2 Å². The molecule has 0 radical (unpaired) electrons. The van der Waals surface area contributed by atoms with Crippen molar-refractivity contribution in [2.24, 2.45) is 11.8 Å². The van der Waals surface area contributed by atoms with Crippen molar-refractivity contribution < 1.29 is 28.3 Å². The first kappa shape index (κ1) is 24.0. The average Bonchev–Trinajstić information content (AvgIpc) is 3.40. The third-order valence-corrected chi connectivity index (χ3v) is 7.99. The second-order valence-electron chi connectivity index (χ2n) is 9.53. The Balaban J connectivity index is 1.49. The Labute approximate surface area is 218 Å². The lowest BCUT2D eigenvalue weighted by Crippen LogP contribution is -2.54. The highest BCUT2D eigenvalue weighted by molar-refractivity contribution is 6.38. The molecule has 2 aromatic carbocycles. The number of hydrogen-bond acceptors (Lipinski definition) is 5. The van der Waals surface area contributed by atoms with Crippen LogP contribution in [0.5, 0.6) is 0 Å². The Morgan fingerprint density at radius 3 is 2.73 bits per heavy atom. The summed E-state index contributed by atoms with van der Waals surface area (Å²) < 4.78 is 29.6. The van der Waals surface area contributed by atoms with E-state index in [0.29, 0.717) is 11.2 Å². The molecule has 4 heterocycles. The van der Waals surface area contributed by atoms with Gasteiger partial charge in [-0.1, -0.05) is 29.3 Å². The summed E-state index contributed by atoms with van der Waals surface area (Å²) in [6.45, 7) is -0.899. The lowest BCUT2D eigenvalue weighted by molar-refractivity contribution is -0.153. The molecular formula is C25H18Cl2F2N4O4. The van der Waals surface area contributed by atoms with Crippen molar-refractivity contribution in [3.8, 4) is 0 Å². The van der Waals surface area contributed by atoms with Crippen molar-refractivity contribution in [3.63, 3.8) is 0 Å². The first-order chi connectivity index (χ1) is 17.5. The number of fused-ring (bicyclic) bond motifs is 5. The standard InChI is InChI=1S/C25H18Cl2F2N4O4/c26-12-7-14-20(15(27)8-12)32-23(37)25(14)19(22(35)36)18(17-9-24(28,29)10-33(17)25)21(34)31-13-3-4-16-11(6-13)2-1-5-30-16/h1-8,17-19H,9-10H2,(H,31,34)(H,32,37)(H,35,36)/t17-,18+,19-,25+/m1/s1. The maximum Gasteiger partial charge on any atom is 0.310 e. The van der Waals surface area contributed by atoms with Crippen LogP contribution in [0, 0.1) is 11.8 Å². The first-order valence-corrected chi connectivity index (χ1v) is 12.1. The third-order valence-electron chi connectivity index (χ3n) is 7.48. The monoisotopic (exact) mass is 546 g/mol. The fraction of sp³-hybridized carbons (Fsp3) is 0.280. The van der Waals surface area contributed by atoms with Gasteiger partial charge < -0.3 is 15.7 Å². The number of aliphatic carboxylic acids is 1. The van der Waals surface area contributed by atoms with Gasteiger partial charge in [0.15, 0.2) is 0 Å². The molecular weight excluding hydrogens is 529 g/mol. The van der Waals surface area contributed by atoms with Crippen molar-refractivity contribution in [1.82, 2.24) is 9.88 Å². The number of nitrogens with one attached hydrogen (secondary N) is 2. The van der Waals surface area contributed by atoms with Gasteiger partial charge in [-0.15, -0.1) is 0 Å². The van der Waals surface area contributed by atoms with Gasteiger partial charge >= 0.3 is 5.97 Å². The lowest BCUT2D eigenvalue weighted by Gasteiger charge is -2.35. The quantitative estimate of drug-likeness (QED) is 0.449. The van der Waals surface area contributed by atoms with E-state index in [0.717, 1.165) is 10.3 Å². The zero-order chi connectivity index (χ0) is 26.3. The zero-order valence-electron chi connectivity index (χ0n) is 18.8. The summed E-state index contributed by atoms with van der Waals surface area (Å²) in [5.41, 5.74) is -0.917. The number of carbonyl (C=O) groups excluding carboxylic acids is 2. The number of hydrogen-bond donors (Lipinski definition) is 3. The van der Waals surface area contributed by atoms with E-state index in [2.05, 4.69) is 15.6 Å². The van der Waals surface area contributed by atoms with E-state index in [9.17, 15) is 28.3 Å². The number of rotatable bonds is 3. The van der Waals surface area contributed by atoms with Crippen LogP contribution in [0.2, 0.25) is 10.0 Å². The normalized spacial score (nSPS) is 27.8. The summed E-state index contributed by atoms with van der Waals surface area (Å²) in [7, 11) is 0. The number of benzene rings is 2. The number of amides is 2. The molecule has 1 spiro atoms. The molecule has 190 valence electrons. The lowest BCUT2D eigenvalue weighted by atomic mass is 9.73. The highest BCUT2D eigenvalue weighted by atomic mass is 35.5. The van der Waals surface area contributed by atoms with Crippen molar-refractivity contribution in [2.45, 2.75) is 23.9 Å². The van der Waals surface area contributed by atoms with Gasteiger partial charge in [0.2, 0.25) is 5.91 Å². The van der Waals surface area contributed by atoms with Gasteiger partial charge in [-0.2, -0.15) is 0 Å². The maximum atomic E-state index is 14.8. The van der Waals surface area contributed by atoms with E-state index in [1.54, 1.807) is 36.5 Å². The number of pyridine rings is 1. The van der Waals surface area contributed by atoms with Crippen LogP contribution in [0.25, 0.3) is 10.9 Å². The van der Waals surface area contributed by atoms with Crippen molar-refractivity contribution >= 4 is 63.3 Å². The van der Waals surface area contributed by atoms with Crippen LogP contribution in [0.15, 0.2) is 48.7 Å². The maximum absolute atomic E-state index is 14.8. The number of aromatic nitrogens is 1. The van der Waals surface area contributed by atoms with E-state index in [-0.39, 0.29) is 21.3 Å². The molecule has 8 nitrogen and oxygen atoms in total. The molecule has 0 unspecified atom stereocenters. The minimum Gasteiger partial charge on any atom is -0.481 e. The molecule has 2 amide bonds.